The van der Waals surface area contributed by atoms with E-state index in [4.69, 9.17) is 30.0 Å². The van der Waals surface area contributed by atoms with Crippen molar-refractivity contribution in [3.05, 3.63) is 89.5 Å². The molecule has 3 aliphatic rings. The van der Waals surface area contributed by atoms with Crippen LogP contribution in [0.2, 0.25) is 0 Å². The van der Waals surface area contributed by atoms with Crippen LogP contribution in [0.1, 0.15) is 122 Å². The summed E-state index contributed by atoms with van der Waals surface area (Å²) in [5.74, 6) is 5.95. The summed E-state index contributed by atoms with van der Waals surface area (Å²) in [4.78, 5) is 7.78. The van der Waals surface area contributed by atoms with Crippen LogP contribution < -0.4 is 14.2 Å². The molecule has 3 aliphatic heterocycles. The van der Waals surface area contributed by atoms with Gasteiger partial charge >= 0.3 is 0 Å². The molecule has 336 valence electrons. The molecule has 3 heterocycles. The molecule has 0 spiro atoms. The van der Waals surface area contributed by atoms with Gasteiger partial charge in [-0.25, -0.2) is 0 Å². The van der Waals surface area contributed by atoms with E-state index >= 15 is 0 Å². The van der Waals surface area contributed by atoms with E-state index < -0.39 is 0 Å². The predicted octanol–water partition coefficient (Wildman–Crippen LogP) is 11.0. The van der Waals surface area contributed by atoms with Crippen LogP contribution in [0.15, 0.2) is 72.8 Å². The molecule has 3 aromatic carbocycles. The molecule has 0 aromatic heterocycles. The number of nitrogens with zero attached hydrogens (tertiary/aromatic N) is 6. The Labute approximate surface area is 375 Å². The van der Waals surface area contributed by atoms with Crippen molar-refractivity contribution in [3.8, 4) is 35.5 Å². The second kappa shape index (κ2) is 28.2. The first-order valence-corrected chi connectivity index (χ1v) is 23.7. The minimum Gasteiger partial charge on any atom is -0.494 e. The highest BCUT2D eigenvalue weighted by Gasteiger charge is 2.25. The Morgan fingerprint density at radius 2 is 0.823 bits per heavy atom. The smallest absolute Gasteiger partial charge is 0.119 e. The Hall–Kier alpha value is -4.59. The second-order valence-corrected chi connectivity index (χ2v) is 18.1. The van der Waals surface area contributed by atoms with Crippen molar-refractivity contribution < 1.29 is 14.2 Å². The second-order valence-electron chi connectivity index (χ2n) is 18.1. The van der Waals surface area contributed by atoms with Gasteiger partial charge in [-0.3, -0.25) is 0 Å². The van der Waals surface area contributed by atoms with E-state index in [9.17, 15) is 0 Å². The molecule has 0 N–H and O–H groups in total. The Morgan fingerprint density at radius 1 is 0.484 bits per heavy atom. The first kappa shape index (κ1) is 50.1. The van der Waals surface area contributed by atoms with Crippen molar-refractivity contribution in [1.82, 2.24) is 14.7 Å². The fraction of sp³-hybridized carbons (Fsp3) is 0.604. The Morgan fingerprint density at radius 3 is 1.15 bits per heavy atom. The molecule has 9 nitrogen and oxygen atoms in total. The minimum atomic E-state index is 0.675. The molecule has 6 atom stereocenters. The van der Waals surface area contributed by atoms with Gasteiger partial charge in [0.05, 0.1) is 54.7 Å². The van der Waals surface area contributed by atoms with Crippen molar-refractivity contribution >= 4 is 0 Å². The highest BCUT2D eigenvalue weighted by Crippen LogP contribution is 2.26. The summed E-state index contributed by atoms with van der Waals surface area (Å²) in [6.45, 7) is 24.5. The summed E-state index contributed by atoms with van der Waals surface area (Å²) in [6, 6.07) is 29.8. The van der Waals surface area contributed by atoms with Gasteiger partial charge in [0.15, 0.2) is 0 Å². The van der Waals surface area contributed by atoms with Gasteiger partial charge in [0, 0.05) is 57.9 Å². The third-order valence-electron chi connectivity index (χ3n) is 12.9. The molecule has 0 amide bonds. The number of hydrogen-bond acceptors (Lipinski definition) is 9. The van der Waals surface area contributed by atoms with Gasteiger partial charge < -0.3 is 28.9 Å². The van der Waals surface area contributed by atoms with Crippen molar-refractivity contribution in [2.24, 2.45) is 23.7 Å². The molecule has 0 saturated carbocycles. The maximum Gasteiger partial charge on any atom is 0.119 e. The average molecular weight is 845 g/mol. The first-order chi connectivity index (χ1) is 30.1. The van der Waals surface area contributed by atoms with Gasteiger partial charge in [-0.05, 0) is 162 Å². The normalized spacial score (nSPS) is 22.9. The number of benzene rings is 3. The monoisotopic (exact) mass is 845 g/mol. The van der Waals surface area contributed by atoms with E-state index in [1.165, 1.54) is 71.1 Å². The molecule has 3 aromatic rings. The van der Waals surface area contributed by atoms with Crippen LogP contribution in [-0.2, 0) is 0 Å². The van der Waals surface area contributed by atoms with Gasteiger partial charge in [0.25, 0.3) is 0 Å². The molecule has 6 rings (SSSR count). The van der Waals surface area contributed by atoms with E-state index in [2.05, 4.69) is 74.4 Å². The van der Waals surface area contributed by atoms with Crippen LogP contribution in [0.4, 0.5) is 0 Å². The van der Waals surface area contributed by atoms with Gasteiger partial charge in [-0.1, -0.05) is 40.5 Å². The van der Waals surface area contributed by atoms with Gasteiger partial charge in [0.2, 0.25) is 0 Å². The van der Waals surface area contributed by atoms with Crippen molar-refractivity contribution in [1.29, 1.82) is 15.8 Å². The van der Waals surface area contributed by atoms with Crippen LogP contribution >= 0.6 is 0 Å². The fourth-order valence-corrected chi connectivity index (χ4v) is 9.06. The highest BCUT2D eigenvalue weighted by atomic mass is 16.5. The van der Waals surface area contributed by atoms with E-state index in [0.717, 1.165) is 99.6 Å². The third kappa shape index (κ3) is 18.4. The number of likely N-dealkylation sites (tertiary alicyclic amines) is 3. The molecule has 3 saturated heterocycles. The minimum absolute atomic E-state index is 0.675. The number of nitriles is 3. The molecule has 0 radical (unpaired) electrons. The Bertz CT molecular complexity index is 1700. The first-order valence-electron chi connectivity index (χ1n) is 23.7. The average Bonchev–Trinajstić information content (AvgIpc) is 3.30. The zero-order valence-corrected chi connectivity index (χ0v) is 38.9. The summed E-state index contributed by atoms with van der Waals surface area (Å²) < 4.78 is 17.2. The van der Waals surface area contributed by atoms with Crippen LogP contribution in [0, 0.1) is 57.7 Å². The lowest BCUT2D eigenvalue weighted by Crippen LogP contribution is -2.42. The molecule has 0 aliphatic carbocycles. The molecular weight excluding hydrogens is 769 g/mol. The summed E-state index contributed by atoms with van der Waals surface area (Å²) in [5.41, 5.74) is 2.03. The molecular formula is C53H76N6O3. The van der Waals surface area contributed by atoms with Crippen LogP contribution in [0.5, 0.6) is 17.2 Å². The van der Waals surface area contributed by atoms with E-state index in [-0.39, 0.29) is 0 Å². The van der Waals surface area contributed by atoms with Crippen LogP contribution in [0.3, 0.4) is 0 Å². The lowest BCUT2D eigenvalue weighted by Gasteiger charge is -2.37. The molecule has 62 heavy (non-hydrogen) atoms. The number of rotatable bonds is 17. The largest absolute Gasteiger partial charge is 0.494 e. The summed E-state index contributed by atoms with van der Waals surface area (Å²) in [7, 11) is 0. The lowest BCUT2D eigenvalue weighted by atomic mass is 9.91. The number of piperidine rings is 3. The van der Waals surface area contributed by atoms with Crippen molar-refractivity contribution in [2.75, 3.05) is 65.6 Å². The third-order valence-corrected chi connectivity index (χ3v) is 12.9. The zero-order valence-electron chi connectivity index (χ0n) is 38.9. The van der Waals surface area contributed by atoms with E-state index in [1.54, 1.807) is 36.4 Å². The lowest BCUT2D eigenvalue weighted by molar-refractivity contribution is 0.108. The number of hydrogen-bond donors (Lipinski definition) is 0. The Kier molecular flexibility index (Phi) is 22.7. The maximum absolute atomic E-state index is 8.76. The van der Waals surface area contributed by atoms with E-state index in [0.29, 0.717) is 28.8 Å². The Balaban J connectivity index is 0.000000205. The molecule has 0 unspecified atom stereocenters. The summed E-state index contributed by atoms with van der Waals surface area (Å²) in [6.07, 6.45) is 12.5. The van der Waals surface area contributed by atoms with Crippen molar-refractivity contribution in [2.45, 2.75) is 118 Å². The molecule has 9 heteroatoms. The van der Waals surface area contributed by atoms with E-state index in [1.807, 2.05) is 36.4 Å². The highest BCUT2D eigenvalue weighted by molar-refractivity contribution is 5.36. The topological polar surface area (TPSA) is 109 Å². The summed E-state index contributed by atoms with van der Waals surface area (Å²) >= 11 is 0. The standard InChI is InChI=1S/2C18H26N2O.C17H24N2O/c2*1-3-16-6-5-15(2)20(14-16)11-4-12-21-18-9-7-17(13-19)8-10-18;1-14-10-15(2)13-19(12-14)8-3-9-20-17-6-4-16(11-18)5-7-17/h2*7-10,15-16H,3-6,11-12,14H2,1-2H3;4-7,14-15H,3,8-10,12-13H2,1-2H3/t15-,16+;15-,16-;14-,15+/m00./s1. The SMILES string of the molecule is CC[C@@H]1CC[C@H](C)N(CCCOc2ccc(C#N)cc2)C1.CC[C@H]1CC[C@H](C)N(CCCOc2ccc(C#N)cc2)C1.C[C@@H]1C[C@H](C)CN(CCCOc2ccc(C#N)cc2)C1. The van der Waals surface area contributed by atoms with Crippen molar-refractivity contribution in [3.63, 3.8) is 0 Å². The summed E-state index contributed by atoms with van der Waals surface area (Å²) in [5, 5.41) is 26.2. The quantitative estimate of drug-likeness (QED) is 0.123. The maximum atomic E-state index is 8.76. The fourth-order valence-electron chi connectivity index (χ4n) is 9.06. The van der Waals surface area contributed by atoms with Gasteiger partial charge in [-0.15, -0.1) is 0 Å². The van der Waals surface area contributed by atoms with Gasteiger partial charge in [-0.2, -0.15) is 15.8 Å². The van der Waals surface area contributed by atoms with Gasteiger partial charge in [0.1, 0.15) is 17.2 Å². The van der Waals surface area contributed by atoms with Crippen LogP contribution in [0.25, 0.3) is 0 Å². The number of ether oxygens (including phenoxy) is 3. The zero-order chi connectivity index (χ0) is 44.5. The van der Waals surface area contributed by atoms with Crippen LogP contribution in [-0.4, -0.2) is 92.4 Å². The predicted molar refractivity (Wildman–Crippen MR) is 251 cm³/mol. The molecule has 3 fully saturated rings. The molecule has 0 bridgehead atoms.